The summed E-state index contributed by atoms with van der Waals surface area (Å²) in [7, 11) is 1.32. The van der Waals surface area contributed by atoms with Gasteiger partial charge in [0, 0.05) is 24.8 Å². The second-order valence-electron chi connectivity index (χ2n) is 4.92. The third-order valence-corrected chi connectivity index (χ3v) is 3.24. The summed E-state index contributed by atoms with van der Waals surface area (Å²) in [4.78, 5) is 11.5. The number of aryl methyl sites for hydroxylation is 1. The Morgan fingerprint density at radius 1 is 1.10 bits per heavy atom. The Morgan fingerprint density at radius 3 is 2.38 bits per heavy atom. The van der Waals surface area contributed by atoms with Crippen molar-refractivity contribution in [3.05, 3.63) is 65.7 Å². The molecule has 0 unspecified atom stereocenters. The second kappa shape index (κ2) is 7.45. The Balaban J connectivity index is 1.77. The van der Waals surface area contributed by atoms with Crippen molar-refractivity contribution in [2.45, 2.75) is 12.8 Å². The quantitative estimate of drug-likeness (QED) is 0.486. The second-order valence-corrected chi connectivity index (χ2v) is 4.92. The van der Waals surface area contributed by atoms with Crippen LogP contribution in [0, 0.1) is 0 Å². The zero-order chi connectivity index (χ0) is 15.1. The molecule has 0 saturated heterocycles. The molecule has 0 aliphatic heterocycles. The minimum Gasteiger partial charge on any atom is -0.385 e. The summed E-state index contributed by atoms with van der Waals surface area (Å²) in [6.07, 6.45) is 1.96. The van der Waals surface area contributed by atoms with E-state index in [1.54, 1.807) is 12.1 Å². The lowest BCUT2D eigenvalue weighted by molar-refractivity contribution is -0.0374. The fourth-order valence-electron chi connectivity index (χ4n) is 2.08. The molecule has 4 heteroatoms. The molecule has 0 heterocycles. The number of hydrogen-bond donors (Lipinski definition) is 2. The van der Waals surface area contributed by atoms with Crippen LogP contribution < -0.4 is 5.32 Å². The minimum atomic E-state index is -0.396. The van der Waals surface area contributed by atoms with Crippen molar-refractivity contribution in [2.24, 2.45) is 0 Å². The van der Waals surface area contributed by atoms with Gasteiger partial charge in [0.15, 0.2) is 0 Å². The zero-order valence-corrected chi connectivity index (χ0v) is 12.1. The van der Waals surface area contributed by atoms with Crippen molar-refractivity contribution in [2.75, 3.05) is 18.9 Å². The van der Waals surface area contributed by atoms with Crippen molar-refractivity contribution in [1.29, 1.82) is 0 Å². The first kappa shape index (κ1) is 15.1. The van der Waals surface area contributed by atoms with Gasteiger partial charge in [0.25, 0.3) is 5.91 Å². The maximum absolute atomic E-state index is 11.5. The van der Waals surface area contributed by atoms with E-state index in [1.165, 1.54) is 12.6 Å². The van der Waals surface area contributed by atoms with E-state index < -0.39 is 5.91 Å². The highest BCUT2D eigenvalue weighted by Crippen LogP contribution is 2.09. The number of hydrogen-bond acceptors (Lipinski definition) is 3. The van der Waals surface area contributed by atoms with Gasteiger partial charge >= 0.3 is 0 Å². The Labute approximate surface area is 125 Å². The lowest BCUT2D eigenvalue weighted by Gasteiger charge is -2.09. The van der Waals surface area contributed by atoms with Crippen LogP contribution in [0.4, 0.5) is 5.69 Å². The fourth-order valence-corrected chi connectivity index (χ4v) is 2.08. The third kappa shape index (κ3) is 4.61. The first-order chi connectivity index (χ1) is 10.2. The molecule has 2 aromatic carbocycles. The number of benzene rings is 2. The fraction of sp³-hybridized carbons (Fsp3) is 0.235. The molecule has 0 bridgehead atoms. The van der Waals surface area contributed by atoms with Gasteiger partial charge in [-0.15, -0.1) is 0 Å². The van der Waals surface area contributed by atoms with Crippen LogP contribution in [-0.2, 0) is 6.42 Å². The zero-order valence-electron chi connectivity index (χ0n) is 12.1. The maximum Gasteiger partial charge on any atom is 0.276 e. The first-order valence-electron chi connectivity index (χ1n) is 7.01. The Kier molecular flexibility index (Phi) is 5.35. The molecule has 2 rings (SSSR count). The number of para-hydroxylation sites is 1. The van der Waals surface area contributed by atoms with Crippen LogP contribution in [0.1, 0.15) is 22.3 Å². The van der Waals surface area contributed by atoms with Gasteiger partial charge in [-0.05, 0) is 42.7 Å². The van der Waals surface area contributed by atoms with Gasteiger partial charge in [0.05, 0.1) is 0 Å². The molecule has 0 radical (unpaired) electrons. The highest BCUT2D eigenvalue weighted by molar-refractivity contribution is 5.93. The van der Waals surface area contributed by atoms with Crippen LogP contribution in [0.25, 0.3) is 0 Å². The lowest BCUT2D eigenvalue weighted by atomic mass is 10.1. The number of amides is 1. The van der Waals surface area contributed by atoms with Gasteiger partial charge in [0.2, 0.25) is 0 Å². The van der Waals surface area contributed by atoms with Crippen LogP contribution >= 0.6 is 0 Å². The van der Waals surface area contributed by atoms with Crippen LogP contribution in [0.5, 0.6) is 0 Å². The van der Waals surface area contributed by atoms with E-state index in [1.807, 2.05) is 42.5 Å². The molecule has 0 aliphatic carbocycles. The highest BCUT2D eigenvalue weighted by atomic mass is 16.5. The number of hydroxylamine groups is 2. The normalized spacial score (nSPS) is 10.2. The molecule has 0 spiro atoms. The average Bonchev–Trinajstić information content (AvgIpc) is 2.52. The molecule has 0 atom stereocenters. The summed E-state index contributed by atoms with van der Waals surface area (Å²) in [5, 5.41) is 13.1. The summed E-state index contributed by atoms with van der Waals surface area (Å²) in [6, 6.07) is 17.5. The molecule has 0 saturated carbocycles. The Hall–Kier alpha value is -2.33. The lowest BCUT2D eigenvalue weighted by Crippen LogP contribution is -2.22. The average molecular weight is 284 g/mol. The van der Waals surface area contributed by atoms with Crippen LogP contribution in [0.3, 0.4) is 0 Å². The van der Waals surface area contributed by atoms with E-state index in [2.05, 4.69) is 5.32 Å². The number of carbonyl (C=O) groups is 1. The van der Waals surface area contributed by atoms with Crippen LogP contribution in [0.2, 0.25) is 0 Å². The molecule has 21 heavy (non-hydrogen) atoms. The van der Waals surface area contributed by atoms with Gasteiger partial charge < -0.3 is 5.32 Å². The highest BCUT2D eigenvalue weighted by Gasteiger charge is 2.08. The Bertz CT molecular complexity index is 565. The minimum absolute atomic E-state index is 0.396. The summed E-state index contributed by atoms with van der Waals surface area (Å²) in [5.74, 6) is -0.396. The predicted octanol–water partition coefficient (Wildman–Crippen LogP) is 3.19. The summed E-state index contributed by atoms with van der Waals surface area (Å²) >= 11 is 0. The molecule has 110 valence electrons. The molecule has 0 aromatic heterocycles. The monoisotopic (exact) mass is 284 g/mol. The third-order valence-electron chi connectivity index (χ3n) is 3.24. The molecular formula is C17H20N2O2. The van der Waals surface area contributed by atoms with E-state index in [9.17, 15) is 4.79 Å². The van der Waals surface area contributed by atoms with E-state index in [0.29, 0.717) is 10.6 Å². The van der Waals surface area contributed by atoms with Crippen LogP contribution in [0.15, 0.2) is 54.6 Å². The summed E-state index contributed by atoms with van der Waals surface area (Å²) in [6.45, 7) is 0.907. The van der Waals surface area contributed by atoms with Crippen molar-refractivity contribution < 1.29 is 10.0 Å². The smallest absolute Gasteiger partial charge is 0.276 e. The van der Waals surface area contributed by atoms with Gasteiger partial charge in [-0.3, -0.25) is 10.0 Å². The molecule has 1 amide bonds. The van der Waals surface area contributed by atoms with Crippen molar-refractivity contribution in [1.82, 2.24) is 5.06 Å². The standard InChI is InChI=1S/C17H20N2O2/c1-19(21)17(20)15-11-9-14(10-12-15)6-5-13-18-16-7-3-2-4-8-16/h2-4,7-12,18,21H,5-6,13H2,1H3. The van der Waals surface area contributed by atoms with Crippen molar-refractivity contribution in [3.8, 4) is 0 Å². The maximum atomic E-state index is 11.5. The van der Waals surface area contributed by atoms with E-state index in [4.69, 9.17) is 5.21 Å². The van der Waals surface area contributed by atoms with Gasteiger partial charge in [0.1, 0.15) is 0 Å². The first-order valence-corrected chi connectivity index (χ1v) is 7.01. The van der Waals surface area contributed by atoms with Crippen molar-refractivity contribution in [3.63, 3.8) is 0 Å². The molecular weight excluding hydrogens is 264 g/mol. The summed E-state index contributed by atoms with van der Waals surface area (Å²) in [5.41, 5.74) is 2.80. The number of anilines is 1. The molecule has 0 fully saturated rings. The number of carbonyl (C=O) groups excluding carboxylic acids is 1. The van der Waals surface area contributed by atoms with E-state index >= 15 is 0 Å². The molecule has 2 N–H and O–H groups in total. The molecule has 0 aliphatic rings. The van der Waals surface area contributed by atoms with Crippen LogP contribution in [-0.4, -0.2) is 29.8 Å². The Morgan fingerprint density at radius 2 is 1.76 bits per heavy atom. The molecule has 4 nitrogen and oxygen atoms in total. The number of rotatable bonds is 6. The van der Waals surface area contributed by atoms with Crippen molar-refractivity contribution >= 4 is 11.6 Å². The number of nitrogens with zero attached hydrogens (tertiary/aromatic N) is 1. The van der Waals surface area contributed by atoms with E-state index in [-0.39, 0.29) is 0 Å². The van der Waals surface area contributed by atoms with Gasteiger partial charge in [-0.1, -0.05) is 30.3 Å². The van der Waals surface area contributed by atoms with Gasteiger partial charge in [-0.25, -0.2) is 5.06 Å². The SMILES string of the molecule is CN(O)C(=O)c1ccc(CCCNc2ccccc2)cc1. The van der Waals surface area contributed by atoms with E-state index in [0.717, 1.165) is 25.1 Å². The largest absolute Gasteiger partial charge is 0.385 e. The predicted molar refractivity (Wildman–Crippen MR) is 83.6 cm³/mol. The van der Waals surface area contributed by atoms with Gasteiger partial charge in [-0.2, -0.15) is 0 Å². The number of nitrogens with one attached hydrogen (secondary N) is 1. The molecule has 2 aromatic rings. The topological polar surface area (TPSA) is 52.6 Å². The summed E-state index contributed by atoms with van der Waals surface area (Å²) < 4.78 is 0.